The van der Waals surface area contributed by atoms with Gasteiger partial charge in [-0.05, 0) is 25.1 Å². The molecule has 0 saturated carbocycles. The molecule has 1 heterocycles. The number of nitrogens with one attached hydrogen (secondary N) is 1. The number of ether oxygens (including phenoxy) is 2. The van der Waals surface area contributed by atoms with Crippen LogP contribution in [0.3, 0.4) is 0 Å². The standard InChI is InChI=1S/C13H20N2O5S/c1-9-13(16,5-6-20-9)8-15-21(17,18)10-3-4-12(19-2)11(14)7-10/h3-4,7,9,15-16H,5-6,8,14H2,1-2H3. The van der Waals surface area contributed by atoms with Gasteiger partial charge in [0, 0.05) is 19.6 Å². The Hall–Kier alpha value is -1.35. The fourth-order valence-electron chi connectivity index (χ4n) is 2.19. The molecule has 2 atom stereocenters. The molecule has 8 heteroatoms. The Morgan fingerprint density at radius 3 is 2.81 bits per heavy atom. The van der Waals surface area contributed by atoms with Gasteiger partial charge in [-0.3, -0.25) is 0 Å². The molecule has 0 spiro atoms. The summed E-state index contributed by atoms with van der Waals surface area (Å²) in [6.07, 6.45) is -0.0253. The third kappa shape index (κ3) is 3.29. The molecule has 0 radical (unpaired) electrons. The molecule has 1 aromatic rings. The summed E-state index contributed by atoms with van der Waals surface area (Å²) in [5, 5.41) is 10.3. The normalized spacial score (nSPS) is 26.0. The van der Waals surface area contributed by atoms with Crippen LogP contribution in [0.5, 0.6) is 5.75 Å². The first kappa shape index (κ1) is 16.0. The zero-order chi connectivity index (χ0) is 15.7. The summed E-state index contributed by atoms with van der Waals surface area (Å²) in [6, 6.07) is 4.20. The van der Waals surface area contributed by atoms with Gasteiger partial charge in [0.05, 0.1) is 23.8 Å². The summed E-state index contributed by atoms with van der Waals surface area (Å²) in [6.45, 7) is 2.02. The lowest BCUT2D eigenvalue weighted by Gasteiger charge is -2.26. The van der Waals surface area contributed by atoms with Crippen LogP contribution in [-0.4, -0.2) is 45.5 Å². The highest BCUT2D eigenvalue weighted by molar-refractivity contribution is 7.89. The number of hydrogen-bond donors (Lipinski definition) is 3. The molecular formula is C13H20N2O5S. The van der Waals surface area contributed by atoms with Gasteiger partial charge >= 0.3 is 0 Å². The Morgan fingerprint density at radius 1 is 1.57 bits per heavy atom. The first-order chi connectivity index (χ1) is 9.78. The number of rotatable bonds is 5. The minimum atomic E-state index is -3.76. The van der Waals surface area contributed by atoms with E-state index in [9.17, 15) is 13.5 Å². The lowest BCUT2D eigenvalue weighted by atomic mass is 9.97. The van der Waals surface area contributed by atoms with Crippen LogP contribution in [0.15, 0.2) is 23.1 Å². The topological polar surface area (TPSA) is 111 Å². The van der Waals surface area contributed by atoms with Gasteiger partial charge in [-0.15, -0.1) is 0 Å². The molecule has 1 aromatic carbocycles. The molecular weight excluding hydrogens is 296 g/mol. The maximum Gasteiger partial charge on any atom is 0.240 e. The van der Waals surface area contributed by atoms with Gasteiger partial charge in [0.2, 0.25) is 10.0 Å². The number of anilines is 1. The van der Waals surface area contributed by atoms with E-state index in [1.807, 2.05) is 0 Å². The summed E-state index contributed by atoms with van der Waals surface area (Å²) >= 11 is 0. The van der Waals surface area contributed by atoms with E-state index >= 15 is 0 Å². The van der Waals surface area contributed by atoms with Crippen molar-refractivity contribution in [3.05, 3.63) is 18.2 Å². The number of hydrogen-bond acceptors (Lipinski definition) is 6. The SMILES string of the molecule is COc1ccc(S(=O)(=O)NCC2(O)CCOC2C)cc1N. The van der Waals surface area contributed by atoms with E-state index in [4.69, 9.17) is 15.2 Å². The Bertz CT molecular complexity index is 619. The number of nitrogens with two attached hydrogens (primary N) is 1. The second kappa shape index (κ2) is 5.80. The van der Waals surface area contributed by atoms with Gasteiger partial charge < -0.3 is 20.3 Å². The van der Waals surface area contributed by atoms with Gasteiger partial charge in [0.1, 0.15) is 11.4 Å². The van der Waals surface area contributed by atoms with Crippen LogP contribution in [0.25, 0.3) is 0 Å². The Morgan fingerprint density at radius 2 is 2.29 bits per heavy atom. The van der Waals surface area contributed by atoms with E-state index < -0.39 is 21.7 Å². The first-order valence-corrected chi connectivity index (χ1v) is 8.04. The van der Waals surface area contributed by atoms with Crippen molar-refractivity contribution in [3.63, 3.8) is 0 Å². The van der Waals surface area contributed by atoms with Crippen LogP contribution in [0, 0.1) is 0 Å². The van der Waals surface area contributed by atoms with Crippen molar-refractivity contribution in [3.8, 4) is 5.75 Å². The van der Waals surface area contributed by atoms with Gasteiger partial charge in [-0.25, -0.2) is 13.1 Å². The van der Waals surface area contributed by atoms with Crippen LogP contribution < -0.4 is 15.2 Å². The zero-order valence-corrected chi connectivity index (χ0v) is 12.8. The molecule has 4 N–H and O–H groups in total. The predicted octanol–water partition coefficient (Wildman–Crippen LogP) is 0.0956. The highest BCUT2D eigenvalue weighted by atomic mass is 32.2. The Labute approximate surface area is 124 Å². The molecule has 1 aliphatic heterocycles. The van der Waals surface area contributed by atoms with E-state index in [-0.39, 0.29) is 17.1 Å². The Kier molecular flexibility index (Phi) is 4.43. The average Bonchev–Trinajstić information content (AvgIpc) is 2.77. The predicted molar refractivity (Wildman–Crippen MR) is 77.6 cm³/mol. The molecule has 2 rings (SSSR count). The summed E-state index contributed by atoms with van der Waals surface area (Å²) < 4.78 is 37.1. The van der Waals surface area contributed by atoms with Crippen LogP contribution in [0.2, 0.25) is 0 Å². The van der Waals surface area contributed by atoms with E-state index in [0.29, 0.717) is 18.8 Å². The van der Waals surface area contributed by atoms with Crippen molar-refractivity contribution >= 4 is 15.7 Å². The monoisotopic (exact) mass is 316 g/mol. The molecule has 7 nitrogen and oxygen atoms in total. The van der Waals surface area contributed by atoms with Gasteiger partial charge in [-0.1, -0.05) is 0 Å². The lowest BCUT2D eigenvalue weighted by Crippen LogP contribution is -2.47. The third-order valence-electron chi connectivity index (χ3n) is 3.74. The van der Waals surface area contributed by atoms with Crippen molar-refractivity contribution in [2.24, 2.45) is 0 Å². The fraction of sp³-hybridized carbons (Fsp3) is 0.538. The number of sulfonamides is 1. The highest BCUT2D eigenvalue weighted by Crippen LogP contribution is 2.27. The molecule has 1 saturated heterocycles. The summed E-state index contributed by atoms with van der Waals surface area (Å²) in [7, 11) is -2.30. The Balaban J connectivity index is 2.13. The number of nitrogen functional groups attached to an aromatic ring is 1. The van der Waals surface area contributed by atoms with Crippen molar-refractivity contribution in [1.29, 1.82) is 0 Å². The number of benzene rings is 1. The van der Waals surface area contributed by atoms with Crippen molar-refractivity contribution < 1.29 is 23.0 Å². The van der Waals surface area contributed by atoms with Crippen LogP contribution in [-0.2, 0) is 14.8 Å². The number of methoxy groups -OCH3 is 1. The van der Waals surface area contributed by atoms with Crippen molar-refractivity contribution in [2.45, 2.75) is 29.9 Å². The van der Waals surface area contributed by atoms with Gasteiger partial charge in [0.25, 0.3) is 0 Å². The largest absolute Gasteiger partial charge is 0.495 e. The average molecular weight is 316 g/mol. The highest BCUT2D eigenvalue weighted by Gasteiger charge is 2.40. The molecule has 118 valence electrons. The van der Waals surface area contributed by atoms with Crippen molar-refractivity contribution in [2.75, 3.05) is 26.0 Å². The van der Waals surface area contributed by atoms with E-state index in [2.05, 4.69) is 4.72 Å². The lowest BCUT2D eigenvalue weighted by molar-refractivity contribution is -0.0228. The first-order valence-electron chi connectivity index (χ1n) is 6.56. The summed E-state index contributed by atoms with van der Waals surface area (Å²) in [5.41, 5.74) is 4.75. The summed E-state index contributed by atoms with van der Waals surface area (Å²) in [5.74, 6) is 0.408. The van der Waals surface area contributed by atoms with Crippen LogP contribution in [0.4, 0.5) is 5.69 Å². The third-order valence-corrected chi connectivity index (χ3v) is 5.14. The van der Waals surface area contributed by atoms with Crippen molar-refractivity contribution in [1.82, 2.24) is 4.72 Å². The van der Waals surface area contributed by atoms with E-state index in [1.165, 1.54) is 25.3 Å². The second-order valence-electron chi connectivity index (χ2n) is 5.09. The van der Waals surface area contributed by atoms with Gasteiger partial charge in [0.15, 0.2) is 0 Å². The molecule has 0 aromatic heterocycles. The van der Waals surface area contributed by atoms with Crippen LogP contribution >= 0.6 is 0 Å². The second-order valence-corrected chi connectivity index (χ2v) is 6.86. The maximum absolute atomic E-state index is 12.2. The fourth-order valence-corrected chi connectivity index (χ4v) is 3.32. The number of aliphatic hydroxyl groups is 1. The molecule has 0 aliphatic carbocycles. The quantitative estimate of drug-likeness (QED) is 0.664. The van der Waals surface area contributed by atoms with E-state index in [0.717, 1.165) is 0 Å². The van der Waals surface area contributed by atoms with E-state index in [1.54, 1.807) is 6.92 Å². The van der Waals surface area contributed by atoms with Crippen LogP contribution in [0.1, 0.15) is 13.3 Å². The minimum Gasteiger partial charge on any atom is -0.495 e. The molecule has 21 heavy (non-hydrogen) atoms. The molecule has 0 bridgehead atoms. The smallest absolute Gasteiger partial charge is 0.240 e. The van der Waals surface area contributed by atoms with Gasteiger partial charge in [-0.2, -0.15) is 0 Å². The molecule has 1 fully saturated rings. The molecule has 2 unspecified atom stereocenters. The zero-order valence-electron chi connectivity index (χ0n) is 12.0. The minimum absolute atomic E-state index is 0.0240. The molecule has 1 aliphatic rings. The maximum atomic E-state index is 12.2. The summed E-state index contributed by atoms with van der Waals surface area (Å²) in [4.78, 5) is 0.0240. The molecule has 0 amide bonds.